The maximum Gasteiger partial charge on any atom is 0.247 e. The van der Waals surface area contributed by atoms with Crippen LogP contribution in [0.5, 0.6) is 0 Å². The minimum atomic E-state index is -0.285. The number of imidazole rings is 1. The lowest BCUT2D eigenvalue weighted by Crippen LogP contribution is -2.41. The highest BCUT2D eigenvalue weighted by atomic mass is 32.2. The Balaban J connectivity index is 1.59. The Labute approximate surface area is 187 Å². The minimum absolute atomic E-state index is 0.0293. The fraction of sp³-hybridized carbons (Fsp3) is 0.375. The molecule has 1 aromatic heterocycles. The van der Waals surface area contributed by atoms with Gasteiger partial charge in [0.05, 0.1) is 16.8 Å². The first-order valence-electron chi connectivity index (χ1n) is 10.5. The van der Waals surface area contributed by atoms with Crippen LogP contribution in [0.15, 0.2) is 53.7 Å². The normalized spacial score (nSPS) is 15.9. The van der Waals surface area contributed by atoms with Gasteiger partial charge in [0.2, 0.25) is 11.8 Å². The standard InChI is InChI=1S/C24H28N4O2S/c1-16-13-17-9-5-7-11-19(17)28(16)22(30)14-27-20-12-8-6-10-18(20)25-23(27)31-15-21(29)26-24(2,3)4/h5-12,16H,13-15H2,1-4H3,(H,26,29)/t16-/m0/s1. The fourth-order valence-corrected chi connectivity index (χ4v) is 4.87. The zero-order valence-corrected chi connectivity index (χ0v) is 19.2. The second kappa shape index (κ2) is 8.38. The SMILES string of the molecule is C[C@H]1Cc2ccccc2N1C(=O)Cn1c(SCC(=O)NC(C)(C)C)nc2ccccc21. The largest absolute Gasteiger partial charge is 0.351 e. The van der Waals surface area contributed by atoms with Gasteiger partial charge in [-0.15, -0.1) is 0 Å². The van der Waals surface area contributed by atoms with Gasteiger partial charge in [-0.1, -0.05) is 42.1 Å². The van der Waals surface area contributed by atoms with Gasteiger partial charge in [-0.3, -0.25) is 9.59 Å². The first kappa shape index (κ1) is 21.4. The van der Waals surface area contributed by atoms with Crippen LogP contribution in [0.4, 0.5) is 5.69 Å². The minimum Gasteiger partial charge on any atom is -0.351 e. The molecule has 3 aromatic rings. The number of amides is 2. The van der Waals surface area contributed by atoms with Gasteiger partial charge in [-0.25, -0.2) is 4.98 Å². The Morgan fingerprint density at radius 3 is 2.61 bits per heavy atom. The number of benzene rings is 2. The Hall–Kier alpha value is -2.80. The van der Waals surface area contributed by atoms with Crippen LogP contribution in [0.3, 0.4) is 0 Å². The van der Waals surface area contributed by atoms with Crippen LogP contribution in [0.25, 0.3) is 11.0 Å². The molecule has 2 amide bonds. The molecule has 162 valence electrons. The summed E-state index contributed by atoms with van der Waals surface area (Å²) in [6.07, 6.45) is 0.862. The maximum atomic E-state index is 13.4. The van der Waals surface area contributed by atoms with Gasteiger partial charge >= 0.3 is 0 Å². The van der Waals surface area contributed by atoms with Crippen molar-refractivity contribution in [2.45, 2.75) is 57.4 Å². The Morgan fingerprint density at radius 1 is 1.13 bits per heavy atom. The molecule has 2 aromatic carbocycles. The van der Waals surface area contributed by atoms with E-state index in [0.717, 1.165) is 23.1 Å². The molecular weight excluding hydrogens is 408 g/mol. The molecule has 1 N–H and O–H groups in total. The monoisotopic (exact) mass is 436 g/mol. The molecule has 4 rings (SSSR count). The van der Waals surface area contributed by atoms with E-state index in [1.54, 1.807) is 0 Å². The van der Waals surface area contributed by atoms with Crippen molar-refractivity contribution in [1.82, 2.24) is 14.9 Å². The summed E-state index contributed by atoms with van der Waals surface area (Å²) < 4.78 is 1.93. The summed E-state index contributed by atoms with van der Waals surface area (Å²) in [6, 6.07) is 16.0. The third kappa shape index (κ3) is 4.61. The van der Waals surface area contributed by atoms with E-state index < -0.39 is 0 Å². The number of hydrogen-bond acceptors (Lipinski definition) is 4. The van der Waals surface area contributed by atoms with Crippen molar-refractivity contribution < 1.29 is 9.59 Å². The zero-order valence-electron chi connectivity index (χ0n) is 18.4. The summed E-state index contributed by atoms with van der Waals surface area (Å²) in [5, 5.41) is 3.65. The predicted molar refractivity (Wildman–Crippen MR) is 125 cm³/mol. The highest BCUT2D eigenvalue weighted by Gasteiger charge is 2.31. The summed E-state index contributed by atoms with van der Waals surface area (Å²) in [4.78, 5) is 32.3. The average molecular weight is 437 g/mol. The molecule has 0 bridgehead atoms. The van der Waals surface area contributed by atoms with Gasteiger partial charge in [-0.05, 0) is 57.9 Å². The maximum absolute atomic E-state index is 13.4. The second-order valence-electron chi connectivity index (χ2n) is 9.00. The van der Waals surface area contributed by atoms with Gasteiger partial charge in [0.15, 0.2) is 5.16 Å². The summed E-state index contributed by atoms with van der Waals surface area (Å²) >= 11 is 1.36. The second-order valence-corrected chi connectivity index (χ2v) is 9.94. The average Bonchev–Trinajstić information content (AvgIpc) is 3.22. The molecule has 0 fully saturated rings. The lowest BCUT2D eigenvalue weighted by molar-refractivity contribution is -0.120. The number of rotatable bonds is 5. The van der Waals surface area contributed by atoms with E-state index in [0.29, 0.717) is 5.16 Å². The van der Waals surface area contributed by atoms with E-state index in [2.05, 4.69) is 18.3 Å². The highest BCUT2D eigenvalue weighted by molar-refractivity contribution is 7.99. The van der Waals surface area contributed by atoms with Crippen molar-refractivity contribution in [3.8, 4) is 0 Å². The highest BCUT2D eigenvalue weighted by Crippen LogP contribution is 2.33. The van der Waals surface area contributed by atoms with Crippen LogP contribution in [-0.2, 0) is 22.6 Å². The van der Waals surface area contributed by atoms with Crippen molar-refractivity contribution >= 4 is 40.3 Å². The number of para-hydroxylation sites is 3. The number of nitrogens with one attached hydrogen (secondary N) is 1. The molecule has 2 heterocycles. The van der Waals surface area contributed by atoms with E-state index in [4.69, 9.17) is 4.98 Å². The summed E-state index contributed by atoms with van der Waals surface area (Å²) in [5.74, 6) is 0.226. The Bertz CT molecular complexity index is 1130. The lowest BCUT2D eigenvalue weighted by Gasteiger charge is -2.23. The van der Waals surface area contributed by atoms with E-state index in [1.165, 1.54) is 17.3 Å². The molecule has 6 nitrogen and oxygen atoms in total. The van der Waals surface area contributed by atoms with E-state index in [1.807, 2.05) is 72.7 Å². The van der Waals surface area contributed by atoms with Gasteiger partial charge in [-0.2, -0.15) is 0 Å². The van der Waals surface area contributed by atoms with Crippen LogP contribution in [-0.4, -0.2) is 38.7 Å². The van der Waals surface area contributed by atoms with Crippen LogP contribution in [0.2, 0.25) is 0 Å². The molecule has 1 atom stereocenters. The Morgan fingerprint density at radius 2 is 1.84 bits per heavy atom. The Kier molecular flexibility index (Phi) is 5.79. The first-order valence-corrected chi connectivity index (χ1v) is 11.5. The van der Waals surface area contributed by atoms with Gasteiger partial charge < -0.3 is 14.8 Å². The number of thioether (sulfide) groups is 1. The van der Waals surface area contributed by atoms with Gasteiger partial charge in [0, 0.05) is 17.3 Å². The molecule has 7 heteroatoms. The molecule has 0 radical (unpaired) electrons. The van der Waals surface area contributed by atoms with Crippen molar-refractivity contribution in [1.29, 1.82) is 0 Å². The molecular formula is C24H28N4O2S. The third-order valence-corrected chi connectivity index (χ3v) is 6.21. The smallest absolute Gasteiger partial charge is 0.247 e. The number of nitrogens with zero attached hydrogens (tertiary/aromatic N) is 3. The predicted octanol–water partition coefficient (Wildman–Crippen LogP) is 4.02. The van der Waals surface area contributed by atoms with Crippen LogP contribution < -0.4 is 10.2 Å². The number of hydrogen-bond donors (Lipinski definition) is 1. The summed E-state index contributed by atoms with van der Waals surface area (Å²) in [5.41, 5.74) is 3.63. The number of anilines is 1. The molecule has 1 aliphatic heterocycles. The molecule has 0 saturated carbocycles. The van der Waals surface area contributed by atoms with E-state index in [-0.39, 0.29) is 35.7 Å². The lowest BCUT2D eigenvalue weighted by atomic mass is 10.1. The fourth-order valence-electron chi connectivity index (χ4n) is 4.06. The third-order valence-electron chi connectivity index (χ3n) is 5.24. The quantitative estimate of drug-likeness (QED) is 0.614. The van der Waals surface area contributed by atoms with Gasteiger partial charge in [0.1, 0.15) is 6.54 Å². The van der Waals surface area contributed by atoms with Crippen molar-refractivity contribution in [3.63, 3.8) is 0 Å². The van der Waals surface area contributed by atoms with Gasteiger partial charge in [0.25, 0.3) is 0 Å². The van der Waals surface area contributed by atoms with Crippen LogP contribution in [0.1, 0.15) is 33.3 Å². The van der Waals surface area contributed by atoms with Crippen molar-refractivity contribution in [2.75, 3.05) is 10.7 Å². The molecule has 0 saturated heterocycles. The molecule has 31 heavy (non-hydrogen) atoms. The number of aromatic nitrogens is 2. The van der Waals surface area contributed by atoms with E-state index >= 15 is 0 Å². The topological polar surface area (TPSA) is 67.2 Å². The van der Waals surface area contributed by atoms with Crippen LogP contribution >= 0.6 is 11.8 Å². The number of carbonyl (C=O) groups excluding carboxylic acids is 2. The summed E-state index contributed by atoms with van der Waals surface area (Å²) in [6.45, 7) is 8.13. The molecule has 0 unspecified atom stereocenters. The molecule has 1 aliphatic rings. The molecule has 0 aliphatic carbocycles. The number of fused-ring (bicyclic) bond motifs is 2. The number of carbonyl (C=O) groups is 2. The summed E-state index contributed by atoms with van der Waals surface area (Å²) in [7, 11) is 0. The zero-order chi connectivity index (χ0) is 22.2. The first-order chi connectivity index (χ1) is 14.7. The van der Waals surface area contributed by atoms with Crippen molar-refractivity contribution in [3.05, 3.63) is 54.1 Å². The van der Waals surface area contributed by atoms with Crippen LogP contribution in [0, 0.1) is 0 Å². The molecule has 0 spiro atoms. The van der Waals surface area contributed by atoms with Crippen molar-refractivity contribution in [2.24, 2.45) is 0 Å². The van der Waals surface area contributed by atoms with E-state index in [9.17, 15) is 9.59 Å².